The van der Waals surface area contributed by atoms with Gasteiger partial charge in [0.1, 0.15) is 5.82 Å². The fraction of sp³-hybridized carbons (Fsp3) is 0.316. The first-order chi connectivity index (χ1) is 13.2. The number of halogens is 1. The van der Waals surface area contributed by atoms with Gasteiger partial charge in [-0.3, -0.25) is 9.52 Å². The van der Waals surface area contributed by atoms with Gasteiger partial charge in [-0.2, -0.15) is 0 Å². The third-order valence-corrected chi connectivity index (χ3v) is 5.81. The second-order valence-electron chi connectivity index (χ2n) is 6.82. The van der Waals surface area contributed by atoms with Gasteiger partial charge in [0.05, 0.1) is 28.5 Å². The monoisotopic (exact) mass is 407 g/mol. The van der Waals surface area contributed by atoms with Crippen molar-refractivity contribution < 1.29 is 22.3 Å². The van der Waals surface area contributed by atoms with E-state index in [0.717, 1.165) is 6.07 Å². The van der Waals surface area contributed by atoms with Crippen molar-refractivity contribution in [1.82, 2.24) is 0 Å². The number of amides is 1. The van der Waals surface area contributed by atoms with E-state index in [1.807, 2.05) is 18.7 Å². The summed E-state index contributed by atoms with van der Waals surface area (Å²) in [5.74, 6) is -1.17. The van der Waals surface area contributed by atoms with E-state index in [-0.39, 0.29) is 28.4 Å². The van der Waals surface area contributed by atoms with Crippen LogP contribution in [0.25, 0.3) is 0 Å². The molecule has 3 N–H and O–H groups in total. The molecule has 0 radical (unpaired) electrons. The second-order valence-corrected chi connectivity index (χ2v) is 8.51. The van der Waals surface area contributed by atoms with Gasteiger partial charge in [-0.1, -0.05) is 0 Å². The Bertz CT molecular complexity index is 969. The van der Waals surface area contributed by atoms with E-state index < -0.39 is 21.7 Å². The molecule has 0 aliphatic carbocycles. The molecule has 1 aliphatic rings. The Morgan fingerprint density at radius 2 is 1.75 bits per heavy atom. The lowest BCUT2D eigenvalue weighted by molar-refractivity contribution is -0.00539. The Kier molecular flexibility index (Phi) is 5.57. The van der Waals surface area contributed by atoms with Gasteiger partial charge in [-0.05, 0) is 50.2 Å². The summed E-state index contributed by atoms with van der Waals surface area (Å²) in [5.41, 5.74) is 5.85. The van der Waals surface area contributed by atoms with Gasteiger partial charge >= 0.3 is 0 Å². The molecule has 3 rings (SSSR count). The van der Waals surface area contributed by atoms with Gasteiger partial charge < -0.3 is 15.4 Å². The van der Waals surface area contributed by atoms with Gasteiger partial charge in [0.2, 0.25) is 5.91 Å². The highest BCUT2D eigenvalue weighted by molar-refractivity contribution is 7.92. The molecule has 1 amide bonds. The number of sulfonamides is 1. The third kappa shape index (κ3) is 4.42. The van der Waals surface area contributed by atoms with Crippen molar-refractivity contribution in [3.05, 3.63) is 53.8 Å². The number of nitrogens with zero attached hydrogens (tertiary/aromatic N) is 1. The Hall–Kier alpha value is -2.65. The Labute approximate surface area is 163 Å². The zero-order valence-electron chi connectivity index (χ0n) is 15.6. The number of ether oxygens (including phenoxy) is 1. The SMILES string of the molecule is CC1CN(c2ccc(NS(=O)(=O)c3ccc(C(N)=O)cc3)cc2F)CC(C)O1. The van der Waals surface area contributed by atoms with E-state index in [0.29, 0.717) is 18.8 Å². The molecule has 7 nitrogen and oxygen atoms in total. The molecule has 1 fully saturated rings. The second kappa shape index (κ2) is 7.76. The standard InChI is InChI=1S/C19H22FN3O4S/c1-12-10-23(11-13(2)27-12)18-8-5-15(9-17(18)20)22-28(25,26)16-6-3-14(4-7-16)19(21)24/h3-9,12-13,22H,10-11H2,1-2H3,(H2,21,24). The van der Waals surface area contributed by atoms with Crippen molar-refractivity contribution in [3.8, 4) is 0 Å². The van der Waals surface area contributed by atoms with E-state index in [4.69, 9.17) is 10.5 Å². The van der Waals surface area contributed by atoms with Crippen molar-refractivity contribution in [2.24, 2.45) is 5.73 Å². The number of rotatable bonds is 5. The smallest absolute Gasteiger partial charge is 0.261 e. The molecule has 2 atom stereocenters. The van der Waals surface area contributed by atoms with Gasteiger partial charge in [0.15, 0.2) is 0 Å². The molecule has 28 heavy (non-hydrogen) atoms. The zero-order valence-corrected chi connectivity index (χ0v) is 16.4. The van der Waals surface area contributed by atoms with Gasteiger partial charge in [0, 0.05) is 24.7 Å². The highest BCUT2D eigenvalue weighted by Crippen LogP contribution is 2.27. The van der Waals surface area contributed by atoms with Crippen molar-refractivity contribution in [2.45, 2.75) is 31.0 Å². The van der Waals surface area contributed by atoms with Crippen molar-refractivity contribution in [2.75, 3.05) is 22.7 Å². The van der Waals surface area contributed by atoms with Crippen LogP contribution in [0.5, 0.6) is 0 Å². The zero-order chi connectivity index (χ0) is 20.5. The summed E-state index contributed by atoms with van der Waals surface area (Å²) in [7, 11) is -3.93. The van der Waals surface area contributed by atoms with Crippen LogP contribution < -0.4 is 15.4 Å². The van der Waals surface area contributed by atoms with Crippen LogP contribution in [0.1, 0.15) is 24.2 Å². The molecule has 2 aromatic rings. The number of primary amides is 1. The molecule has 0 spiro atoms. The summed E-state index contributed by atoms with van der Waals surface area (Å²) in [4.78, 5) is 12.9. The minimum Gasteiger partial charge on any atom is -0.372 e. The van der Waals surface area contributed by atoms with Crippen LogP contribution in [-0.4, -0.2) is 39.6 Å². The van der Waals surface area contributed by atoms with Crippen LogP contribution in [0.3, 0.4) is 0 Å². The van der Waals surface area contributed by atoms with E-state index >= 15 is 0 Å². The lowest BCUT2D eigenvalue weighted by atomic mass is 10.2. The maximum Gasteiger partial charge on any atom is 0.261 e. The number of carbonyl (C=O) groups is 1. The number of anilines is 2. The molecule has 1 saturated heterocycles. The van der Waals surface area contributed by atoms with Crippen molar-refractivity contribution >= 4 is 27.3 Å². The molecule has 1 heterocycles. The third-order valence-electron chi connectivity index (χ3n) is 4.41. The number of hydrogen-bond acceptors (Lipinski definition) is 5. The van der Waals surface area contributed by atoms with Crippen LogP contribution >= 0.6 is 0 Å². The van der Waals surface area contributed by atoms with Crippen molar-refractivity contribution in [3.63, 3.8) is 0 Å². The summed E-state index contributed by atoms with van der Waals surface area (Å²) >= 11 is 0. The Morgan fingerprint density at radius 3 is 2.29 bits per heavy atom. The van der Waals surface area contributed by atoms with E-state index in [2.05, 4.69) is 4.72 Å². The molecular formula is C19H22FN3O4S. The quantitative estimate of drug-likeness (QED) is 0.792. The Morgan fingerprint density at radius 1 is 1.14 bits per heavy atom. The number of carbonyl (C=O) groups excluding carboxylic acids is 1. The topological polar surface area (TPSA) is 102 Å². The largest absolute Gasteiger partial charge is 0.372 e. The molecular weight excluding hydrogens is 385 g/mol. The number of morpholine rings is 1. The minimum absolute atomic E-state index is 0.0234. The fourth-order valence-electron chi connectivity index (χ4n) is 3.21. The van der Waals surface area contributed by atoms with Gasteiger partial charge in [0.25, 0.3) is 10.0 Å². The lowest BCUT2D eigenvalue weighted by Gasteiger charge is -2.37. The molecule has 0 saturated carbocycles. The number of hydrogen-bond donors (Lipinski definition) is 2. The van der Waals surface area contributed by atoms with Crippen LogP contribution in [-0.2, 0) is 14.8 Å². The number of benzene rings is 2. The molecule has 1 aliphatic heterocycles. The molecule has 0 bridgehead atoms. The molecule has 2 aromatic carbocycles. The maximum atomic E-state index is 14.6. The summed E-state index contributed by atoms with van der Waals surface area (Å²) in [6.07, 6.45) is -0.0468. The lowest BCUT2D eigenvalue weighted by Crippen LogP contribution is -2.45. The first kappa shape index (κ1) is 20.1. The van der Waals surface area contributed by atoms with Crippen LogP contribution in [0.4, 0.5) is 15.8 Å². The minimum atomic E-state index is -3.93. The first-order valence-corrected chi connectivity index (χ1v) is 10.3. The molecule has 0 aromatic heterocycles. The van der Waals surface area contributed by atoms with E-state index in [1.165, 1.54) is 30.3 Å². The summed E-state index contributed by atoms with van der Waals surface area (Å²) in [5, 5.41) is 0. The van der Waals surface area contributed by atoms with Crippen LogP contribution in [0, 0.1) is 5.82 Å². The van der Waals surface area contributed by atoms with Crippen LogP contribution in [0.2, 0.25) is 0 Å². The van der Waals surface area contributed by atoms with Crippen LogP contribution in [0.15, 0.2) is 47.4 Å². The Balaban J connectivity index is 1.79. The highest BCUT2D eigenvalue weighted by Gasteiger charge is 2.24. The van der Waals surface area contributed by atoms with E-state index in [1.54, 1.807) is 6.07 Å². The molecule has 2 unspecified atom stereocenters. The molecule has 9 heteroatoms. The van der Waals surface area contributed by atoms with Gasteiger partial charge in [-0.15, -0.1) is 0 Å². The summed E-state index contributed by atoms with van der Waals surface area (Å²) in [6.45, 7) is 4.95. The average Bonchev–Trinajstić information content (AvgIpc) is 2.60. The number of nitrogens with two attached hydrogens (primary N) is 1. The molecule has 150 valence electrons. The summed E-state index contributed by atoms with van der Waals surface area (Å²) in [6, 6.07) is 9.39. The maximum absolute atomic E-state index is 14.6. The average molecular weight is 407 g/mol. The fourth-order valence-corrected chi connectivity index (χ4v) is 4.26. The normalized spacial score (nSPS) is 20.0. The van der Waals surface area contributed by atoms with Crippen molar-refractivity contribution in [1.29, 1.82) is 0 Å². The predicted octanol–water partition coefficient (Wildman–Crippen LogP) is 2.34. The van der Waals surface area contributed by atoms with E-state index in [9.17, 15) is 17.6 Å². The predicted molar refractivity (Wildman–Crippen MR) is 104 cm³/mol. The van der Waals surface area contributed by atoms with Gasteiger partial charge in [-0.25, -0.2) is 12.8 Å². The first-order valence-electron chi connectivity index (χ1n) is 8.78. The summed E-state index contributed by atoms with van der Waals surface area (Å²) < 4.78 is 47.6. The highest BCUT2D eigenvalue weighted by atomic mass is 32.2. The number of nitrogens with one attached hydrogen (secondary N) is 1.